The van der Waals surface area contributed by atoms with E-state index < -0.39 is 11.8 Å². The lowest BCUT2D eigenvalue weighted by molar-refractivity contribution is -0.260. The van der Waals surface area contributed by atoms with Crippen LogP contribution in [0.4, 0.5) is 13.2 Å². The number of halogens is 3. The van der Waals surface area contributed by atoms with E-state index in [1.807, 2.05) is 0 Å². The van der Waals surface area contributed by atoms with Crippen LogP contribution < -0.4 is 0 Å². The lowest BCUT2D eigenvalue weighted by Crippen LogP contribution is -2.40. The molecule has 0 aliphatic carbocycles. The summed E-state index contributed by atoms with van der Waals surface area (Å²) in [6.45, 7) is 2.33. The van der Waals surface area contributed by atoms with Crippen LogP contribution in [-0.2, 0) is 5.60 Å². The number of alkyl halides is 3. The molecule has 0 bridgehead atoms. The van der Waals surface area contributed by atoms with E-state index in [9.17, 15) is 18.3 Å². The van der Waals surface area contributed by atoms with E-state index in [-0.39, 0.29) is 5.69 Å². The van der Waals surface area contributed by atoms with E-state index in [1.54, 1.807) is 13.0 Å². The Hall–Kier alpha value is -1.10. The summed E-state index contributed by atoms with van der Waals surface area (Å²) in [5.41, 5.74) is -2.65. The maximum atomic E-state index is 12.4. The van der Waals surface area contributed by atoms with E-state index in [1.165, 1.54) is 12.3 Å². The van der Waals surface area contributed by atoms with Crippen LogP contribution in [0, 0.1) is 6.92 Å². The second-order valence-corrected chi connectivity index (χ2v) is 3.29. The Labute approximate surface area is 79.4 Å². The third-order valence-corrected chi connectivity index (χ3v) is 1.97. The molecule has 2 nitrogen and oxygen atoms in total. The fourth-order valence-corrected chi connectivity index (χ4v) is 0.948. The van der Waals surface area contributed by atoms with Crippen molar-refractivity contribution in [1.29, 1.82) is 0 Å². The fraction of sp³-hybridized carbons (Fsp3) is 0.444. The minimum atomic E-state index is -4.71. The average Bonchev–Trinajstić information content (AvgIpc) is 2.02. The molecule has 0 aliphatic heterocycles. The van der Waals surface area contributed by atoms with Gasteiger partial charge in [-0.2, -0.15) is 13.2 Å². The van der Waals surface area contributed by atoms with Crippen LogP contribution in [0.15, 0.2) is 18.3 Å². The van der Waals surface area contributed by atoms with Gasteiger partial charge in [0.1, 0.15) is 0 Å². The number of aryl methyl sites for hydroxylation is 1. The quantitative estimate of drug-likeness (QED) is 0.762. The average molecular weight is 205 g/mol. The van der Waals surface area contributed by atoms with Gasteiger partial charge in [0, 0.05) is 6.20 Å². The second kappa shape index (κ2) is 3.24. The van der Waals surface area contributed by atoms with Crippen LogP contribution in [0.2, 0.25) is 0 Å². The Morgan fingerprint density at radius 3 is 2.36 bits per heavy atom. The molecule has 1 heterocycles. The molecule has 5 heteroatoms. The molecule has 0 aliphatic rings. The highest BCUT2D eigenvalue weighted by molar-refractivity contribution is 5.20. The molecule has 1 atom stereocenters. The molecule has 0 fully saturated rings. The van der Waals surface area contributed by atoms with Gasteiger partial charge in [-0.15, -0.1) is 0 Å². The van der Waals surface area contributed by atoms with Crippen molar-refractivity contribution in [1.82, 2.24) is 4.98 Å². The lowest BCUT2D eigenvalue weighted by atomic mass is 10.00. The van der Waals surface area contributed by atoms with Crippen molar-refractivity contribution in [2.75, 3.05) is 0 Å². The number of pyridine rings is 1. The first kappa shape index (κ1) is 11.0. The highest BCUT2D eigenvalue weighted by Gasteiger charge is 2.52. The Morgan fingerprint density at radius 2 is 1.93 bits per heavy atom. The van der Waals surface area contributed by atoms with Crippen molar-refractivity contribution in [2.24, 2.45) is 0 Å². The van der Waals surface area contributed by atoms with Crippen LogP contribution in [0.25, 0.3) is 0 Å². The molecule has 78 valence electrons. The van der Waals surface area contributed by atoms with Crippen molar-refractivity contribution < 1.29 is 18.3 Å². The van der Waals surface area contributed by atoms with E-state index in [0.29, 0.717) is 12.5 Å². The maximum Gasteiger partial charge on any atom is 0.422 e. The van der Waals surface area contributed by atoms with E-state index >= 15 is 0 Å². The van der Waals surface area contributed by atoms with Gasteiger partial charge in [0.15, 0.2) is 5.60 Å². The SMILES string of the molecule is Cc1ccnc([C@](C)(O)C(F)(F)F)c1. The van der Waals surface area contributed by atoms with Gasteiger partial charge in [-0.25, -0.2) is 0 Å². The van der Waals surface area contributed by atoms with E-state index in [0.717, 1.165) is 0 Å². The molecule has 14 heavy (non-hydrogen) atoms. The van der Waals surface area contributed by atoms with Crippen molar-refractivity contribution in [3.8, 4) is 0 Å². The van der Waals surface area contributed by atoms with Gasteiger partial charge >= 0.3 is 6.18 Å². The van der Waals surface area contributed by atoms with Gasteiger partial charge in [-0.05, 0) is 31.5 Å². The minimum absolute atomic E-state index is 0.384. The van der Waals surface area contributed by atoms with Crippen LogP contribution in [0.3, 0.4) is 0 Å². The molecule has 0 aromatic carbocycles. The first-order valence-electron chi connectivity index (χ1n) is 3.97. The molecule has 1 aromatic heterocycles. The molecule has 1 N–H and O–H groups in total. The molecule has 0 saturated heterocycles. The molecule has 0 saturated carbocycles. The van der Waals surface area contributed by atoms with Gasteiger partial charge in [0.05, 0.1) is 5.69 Å². The number of aliphatic hydroxyl groups is 1. The number of hydrogen-bond donors (Lipinski definition) is 1. The third kappa shape index (κ3) is 1.87. The van der Waals surface area contributed by atoms with Gasteiger partial charge in [0.2, 0.25) is 0 Å². The standard InChI is InChI=1S/C9H10F3NO/c1-6-3-4-13-7(5-6)8(2,14)9(10,11)12/h3-5,14H,1-2H3/t8-/m0/s1. The van der Waals surface area contributed by atoms with Gasteiger partial charge < -0.3 is 5.11 Å². The Morgan fingerprint density at radius 1 is 1.36 bits per heavy atom. The number of hydrogen-bond acceptors (Lipinski definition) is 2. The Balaban J connectivity index is 3.16. The topological polar surface area (TPSA) is 33.1 Å². The zero-order valence-corrected chi connectivity index (χ0v) is 7.76. The van der Waals surface area contributed by atoms with Crippen LogP contribution in [-0.4, -0.2) is 16.3 Å². The van der Waals surface area contributed by atoms with E-state index in [4.69, 9.17) is 0 Å². The number of aromatic nitrogens is 1. The molecule has 0 radical (unpaired) electrons. The molecule has 0 amide bonds. The summed E-state index contributed by atoms with van der Waals surface area (Å²) < 4.78 is 37.1. The normalized spacial score (nSPS) is 16.4. The van der Waals surface area contributed by atoms with Gasteiger partial charge in [-0.1, -0.05) is 0 Å². The van der Waals surface area contributed by atoms with Gasteiger partial charge in [0.25, 0.3) is 0 Å². The third-order valence-electron chi connectivity index (χ3n) is 1.97. The fourth-order valence-electron chi connectivity index (χ4n) is 0.948. The molecular weight excluding hydrogens is 195 g/mol. The van der Waals surface area contributed by atoms with Crippen molar-refractivity contribution >= 4 is 0 Å². The highest BCUT2D eigenvalue weighted by atomic mass is 19.4. The van der Waals surface area contributed by atoms with Crippen molar-refractivity contribution in [3.63, 3.8) is 0 Å². The summed E-state index contributed by atoms with van der Waals surface area (Å²) in [5, 5.41) is 9.26. The maximum absolute atomic E-state index is 12.4. The van der Waals surface area contributed by atoms with Crippen LogP contribution >= 0.6 is 0 Å². The summed E-state index contributed by atoms with van der Waals surface area (Å²) in [6.07, 6.45) is -3.47. The molecule has 0 unspecified atom stereocenters. The van der Waals surface area contributed by atoms with E-state index in [2.05, 4.69) is 4.98 Å². The zero-order chi connectivity index (χ0) is 11.0. The predicted octanol–water partition coefficient (Wildman–Crippen LogP) is 2.16. The number of rotatable bonds is 1. The monoisotopic (exact) mass is 205 g/mol. The lowest BCUT2D eigenvalue weighted by Gasteiger charge is -2.25. The minimum Gasteiger partial charge on any atom is -0.375 e. The summed E-state index contributed by atoms with van der Waals surface area (Å²) in [4.78, 5) is 3.51. The second-order valence-electron chi connectivity index (χ2n) is 3.29. The summed E-state index contributed by atoms with van der Waals surface area (Å²) in [6, 6.07) is 2.78. The number of nitrogens with zero attached hydrogens (tertiary/aromatic N) is 1. The smallest absolute Gasteiger partial charge is 0.375 e. The van der Waals surface area contributed by atoms with Crippen molar-refractivity contribution in [3.05, 3.63) is 29.6 Å². The predicted molar refractivity (Wildman–Crippen MR) is 44.6 cm³/mol. The molecular formula is C9H10F3NO. The van der Waals surface area contributed by atoms with Crippen LogP contribution in [0.5, 0.6) is 0 Å². The van der Waals surface area contributed by atoms with Gasteiger partial charge in [-0.3, -0.25) is 4.98 Å². The summed E-state index contributed by atoms with van der Waals surface area (Å²) in [7, 11) is 0. The molecule has 0 spiro atoms. The Bertz CT molecular complexity index is 333. The summed E-state index contributed by atoms with van der Waals surface area (Å²) in [5.74, 6) is 0. The highest BCUT2D eigenvalue weighted by Crippen LogP contribution is 2.37. The molecule has 1 rings (SSSR count). The largest absolute Gasteiger partial charge is 0.422 e. The first-order valence-corrected chi connectivity index (χ1v) is 3.97. The molecule has 1 aromatic rings. The first-order chi connectivity index (χ1) is 6.25. The van der Waals surface area contributed by atoms with Crippen molar-refractivity contribution in [2.45, 2.75) is 25.6 Å². The zero-order valence-electron chi connectivity index (χ0n) is 7.76. The summed E-state index contributed by atoms with van der Waals surface area (Å²) >= 11 is 0. The van der Waals surface area contributed by atoms with Crippen LogP contribution in [0.1, 0.15) is 18.2 Å². The Kier molecular flexibility index (Phi) is 2.54.